The average molecular weight is 218 g/mol. The number of nitrogens with one attached hydrogen (secondary N) is 1. The van der Waals surface area contributed by atoms with Gasteiger partial charge in [-0.1, -0.05) is 12.1 Å². The summed E-state index contributed by atoms with van der Waals surface area (Å²) >= 11 is 0. The van der Waals surface area contributed by atoms with E-state index < -0.39 is 0 Å². The fourth-order valence-corrected chi connectivity index (χ4v) is 1.31. The molecule has 2 rings (SSSR count). The van der Waals surface area contributed by atoms with E-state index in [0.29, 0.717) is 0 Å². The Labute approximate surface area is 93.7 Å². The molecule has 0 aliphatic heterocycles. The lowest BCUT2D eigenvalue weighted by molar-refractivity contribution is 0.662. The van der Waals surface area contributed by atoms with Crippen molar-refractivity contribution in [2.45, 2.75) is 19.9 Å². The topological polar surface area (TPSA) is 68.5 Å². The lowest BCUT2D eigenvalue weighted by atomic mass is 10.4. The summed E-state index contributed by atoms with van der Waals surface area (Å²) in [4.78, 5) is 7.86. The van der Waals surface area contributed by atoms with Crippen molar-refractivity contribution < 1.29 is 0 Å². The highest BCUT2D eigenvalue weighted by molar-refractivity contribution is 5.22. The van der Waals surface area contributed by atoms with Crippen molar-refractivity contribution in [2.75, 3.05) is 6.54 Å². The highest BCUT2D eigenvalue weighted by Crippen LogP contribution is 2.02. The van der Waals surface area contributed by atoms with E-state index in [1.807, 2.05) is 6.20 Å². The molecule has 0 fully saturated rings. The van der Waals surface area contributed by atoms with Crippen molar-refractivity contribution in [3.8, 4) is 5.69 Å². The minimum absolute atomic E-state index is 0.738. The lowest BCUT2D eigenvalue weighted by Gasteiger charge is -1.97. The molecule has 0 saturated heterocycles. The molecule has 1 N–H and O–H groups in total. The summed E-state index contributed by atoms with van der Waals surface area (Å²) in [5.74, 6) is 0. The number of rotatable bonds is 5. The Kier molecular flexibility index (Phi) is 3.55. The van der Waals surface area contributed by atoms with E-state index in [0.717, 1.165) is 30.9 Å². The van der Waals surface area contributed by atoms with Crippen LogP contribution in [0.25, 0.3) is 5.69 Å². The van der Waals surface area contributed by atoms with E-state index in [1.54, 1.807) is 17.1 Å². The molecule has 0 saturated carbocycles. The van der Waals surface area contributed by atoms with Crippen molar-refractivity contribution >= 4 is 0 Å². The molecular formula is C10H14N6. The quantitative estimate of drug-likeness (QED) is 0.742. The van der Waals surface area contributed by atoms with Crippen molar-refractivity contribution in [3.05, 3.63) is 30.6 Å². The maximum atomic E-state index is 4.06. The van der Waals surface area contributed by atoms with Crippen molar-refractivity contribution in [3.63, 3.8) is 0 Å². The third kappa shape index (κ3) is 2.60. The molecule has 2 heterocycles. The summed E-state index contributed by atoms with van der Waals surface area (Å²) in [7, 11) is 0. The van der Waals surface area contributed by atoms with Gasteiger partial charge in [0, 0.05) is 6.54 Å². The molecule has 2 aromatic heterocycles. The third-order valence-electron chi connectivity index (χ3n) is 2.09. The van der Waals surface area contributed by atoms with Gasteiger partial charge in [0.2, 0.25) is 0 Å². The molecule has 0 atom stereocenters. The second-order valence-electron chi connectivity index (χ2n) is 3.43. The van der Waals surface area contributed by atoms with E-state index in [1.165, 1.54) is 6.33 Å². The number of nitrogens with zero attached hydrogens (tertiary/aromatic N) is 5. The molecule has 0 aliphatic rings. The molecule has 0 spiro atoms. The van der Waals surface area contributed by atoms with Crippen molar-refractivity contribution in [1.29, 1.82) is 0 Å². The predicted molar refractivity (Wildman–Crippen MR) is 58.9 cm³/mol. The Hall–Kier alpha value is -1.82. The fraction of sp³-hybridized carbons (Fsp3) is 0.400. The first-order valence-electron chi connectivity index (χ1n) is 5.27. The Morgan fingerprint density at radius 2 is 2.12 bits per heavy atom. The maximum absolute atomic E-state index is 4.06. The van der Waals surface area contributed by atoms with Gasteiger partial charge in [0.05, 0.1) is 24.3 Å². The van der Waals surface area contributed by atoms with Gasteiger partial charge in [-0.25, -0.2) is 14.6 Å². The minimum atomic E-state index is 0.738. The Bertz CT molecular complexity index is 424. The van der Waals surface area contributed by atoms with Crippen molar-refractivity contribution in [1.82, 2.24) is 30.3 Å². The van der Waals surface area contributed by atoms with E-state index in [2.05, 4.69) is 32.5 Å². The van der Waals surface area contributed by atoms with Gasteiger partial charge in [0.1, 0.15) is 12.0 Å². The second-order valence-corrected chi connectivity index (χ2v) is 3.43. The highest BCUT2D eigenvalue weighted by atomic mass is 15.4. The predicted octanol–water partition coefficient (Wildman–Crippen LogP) is 0.557. The number of hydrogen-bond donors (Lipinski definition) is 1. The van der Waals surface area contributed by atoms with E-state index in [-0.39, 0.29) is 0 Å². The molecule has 0 aliphatic carbocycles. The largest absolute Gasteiger partial charge is 0.311 e. The third-order valence-corrected chi connectivity index (χ3v) is 2.09. The van der Waals surface area contributed by atoms with Gasteiger partial charge >= 0.3 is 0 Å². The molecular weight excluding hydrogens is 204 g/mol. The van der Waals surface area contributed by atoms with Gasteiger partial charge in [-0.15, -0.1) is 5.10 Å². The second kappa shape index (κ2) is 5.32. The van der Waals surface area contributed by atoms with Gasteiger partial charge in [-0.2, -0.15) is 0 Å². The molecule has 6 heteroatoms. The summed E-state index contributed by atoms with van der Waals surface area (Å²) in [5.41, 5.74) is 1.73. The van der Waals surface area contributed by atoms with Gasteiger partial charge in [-0.3, -0.25) is 0 Å². The smallest absolute Gasteiger partial charge is 0.115 e. The molecule has 2 aromatic rings. The molecule has 0 bridgehead atoms. The molecule has 6 nitrogen and oxygen atoms in total. The lowest BCUT2D eigenvalue weighted by Crippen LogP contribution is -2.13. The first-order chi connectivity index (χ1) is 7.90. The molecule has 16 heavy (non-hydrogen) atoms. The van der Waals surface area contributed by atoms with Crippen LogP contribution in [0, 0.1) is 0 Å². The van der Waals surface area contributed by atoms with Crippen LogP contribution in [0.5, 0.6) is 0 Å². The summed E-state index contributed by atoms with van der Waals surface area (Å²) in [6.07, 6.45) is 7.88. The summed E-state index contributed by atoms with van der Waals surface area (Å²) in [5, 5.41) is 11.3. The van der Waals surface area contributed by atoms with Crippen LogP contribution >= 0.6 is 0 Å². The zero-order chi connectivity index (χ0) is 11.2. The number of hydrogen-bond acceptors (Lipinski definition) is 5. The molecule has 0 unspecified atom stereocenters. The van der Waals surface area contributed by atoms with E-state index in [4.69, 9.17) is 0 Å². The normalized spacial score (nSPS) is 10.6. The summed E-state index contributed by atoms with van der Waals surface area (Å²) in [6, 6.07) is 0. The molecule has 0 aromatic carbocycles. The minimum Gasteiger partial charge on any atom is -0.311 e. The van der Waals surface area contributed by atoms with Gasteiger partial charge < -0.3 is 5.32 Å². The van der Waals surface area contributed by atoms with Crippen LogP contribution in [0.1, 0.15) is 19.0 Å². The first-order valence-corrected chi connectivity index (χ1v) is 5.27. The zero-order valence-electron chi connectivity index (χ0n) is 9.17. The molecule has 84 valence electrons. The fourth-order valence-electron chi connectivity index (χ4n) is 1.31. The standard InChI is InChI=1S/C10H14N6/c1-2-3-11-4-9-7-16(15-14-9)10-5-12-8-13-6-10/h5-8,11H,2-4H2,1H3. The van der Waals surface area contributed by atoms with Gasteiger partial charge in [0.15, 0.2) is 0 Å². The molecule has 0 amide bonds. The molecule has 0 radical (unpaired) electrons. The average Bonchev–Trinajstić information content (AvgIpc) is 2.79. The highest BCUT2D eigenvalue weighted by Gasteiger charge is 2.02. The van der Waals surface area contributed by atoms with Crippen LogP contribution in [-0.2, 0) is 6.54 Å². The van der Waals surface area contributed by atoms with Gasteiger partial charge in [-0.05, 0) is 13.0 Å². The summed E-state index contributed by atoms with van der Waals surface area (Å²) in [6.45, 7) is 3.86. The monoisotopic (exact) mass is 218 g/mol. The first kappa shape index (κ1) is 10.7. The van der Waals surface area contributed by atoms with Crippen LogP contribution < -0.4 is 5.32 Å². The van der Waals surface area contributed by atoms with Gasteiger partial charge in [0.25, 0.3) is 0 Å². The maximum Gasteiger partial charge on any atom is 0.115 e. The Morgan fingerprint density at radius 1 is 1.31 bits per heavy atom. The van der Waals surface area contributed by atoms with Crippen LogP contribution in [0.15, 0.2) is 24.9 Å². The number of aromatic nitrogens is 5. The van der Waals surface area contributed by atoms with Crippen molar-refractivity contribution in [2.24, 2.45) is 0 Å². The SMILES string of the molecule is CCCNCc1cn(-c2cncnc2)nn1. The van der Waals surface area contributed by atoms with Crippen LogP contribution in [0.2, 0.25) is 0 Å². The van der Waals surface area contributed by atoms with E-state index in [9.17, 15) is 0 Å². The van der Waals surface area contributed by atoms with Crippen LogP contribution in [-0.4, -0.2) is 31.5 Å². The summed E-state index contributed by atoms with van der Waals surface area (Å²) < 4.78 is 1.67. The Morgan fingerprint density at radius 3 is 2.88 bits per heavy atom. The van der Waals surface area contributed by atoms with Crippen LogP contribution in [0.4, 0.5) is 0 Å². The zero-order valence-corrected chi connectivity index (χ0v) is 9.17. The Balaban J connectivity index is 2.02. The van der Waals surface area contributed by atoms with E-state index >= 15 is 0 Å². The van der Waals surface area contributed by atoms with Crippen LogP contribution in [0.3, 0.4) is 0 Å².